The van der Waals surface area contributed by atoms with Crippen molar-refractivity contribution in [2.45, 2.75) is 6.18 Å². The molecule has 0 saturated heterocycles. The van der Waals surface area contributed by atoms with Crippen molar-refractivity contribution < 1.29 is 81.9 Å². The zero-order chi connectivity index (χ0) is 12.7. The van der Waals surface area contributed by atoms with Gasteiger partial charge in [-0.3, -0.25) is 0 Å². The van der Waals surface area contributed by atoms with E-state index in [1.165, 1.54) is 0 Å². The molecule has 0 aromatic heterocycles. The van der Waals surface area contributed by atoms with Crippen LogP contribution in [-0.2, 0) is 6.18 Å². The van der Waals surface area contributed by atoms with Crippen molar-refractivity contribution in [3.05, 3.63) is 23.5 Å². The fourth-order valence-electron chi connectivity index (χ4n) is 1.11. The second kappa shape index (κ2) is 5.47. The van der Waals surface area contributed by atoms with E-state index in [-0.39, 0.29) is 63.5 Å². The van der Waals surface area contributed by atoms with Gasteiger partial charge in [-0.05, 0) is 6.07 Å². The van der Waals surface area contributed by atoms with E-state index in [1.54, 1.807) is 0 Å². The number of hydrogen-bond donors (Lipinski definition) is 1. The summed E-state index contributed by atoms with van der Waals surface area (Å²) in [5.41, 5.74) is 0.289. The van der Waals surface area contributed by atoms with E-state index in [0.29, 0.717) is 0 Å². The van der Waals surface area contributed by atoms with E-state index in [1.807, 2.05) is 0 Å². The van der Waals surface area contributed by atoms with Gasteiger partial charge in [-0.15, -0.1) is 0 Å². The predicted octanol–water partition coefficient (Wildman–Crippen LogP) is -0.515. The van der Waals surface area contributed by atoms with Gasteiger partial charge in [0.25, 0.3) is 0 Å². The minimum atomic E-state index is -5.64. The third kappa shape index (κ3) is 4.12. The Labute approximate surface area is 134 Å². The summed E-state index contributed by atoms with van der Waals surface area (Å²) < 4.78 is 85.6. The average Bonchev–Trinajstić information content (AvgIpc) is 2.04. The first-order valence-corrected chi connectivity index (χ1v) is 3.89. The minimum Gasteiger partial charge on any atom is -0.445 e. The Hall–Kier alpha value is 0.231. The van der Waals surface area contributed by atoms with Crippen LogP contribution in [0.25, 0.3) is 0 Å². The van der Waals surface area contributed by atoms with Crippen molar-refractivity contribution in [1.29, 1.82) is 0 Å². The third-order valence-electron chi connectivity index (χ3n) is 1.83. The Kier molecular flexibility index (Phi) is 5.55. The van der Waals surface area contributed by atoms with E-state index >= 15 is 0 Å². The van der Waals surface area contributed by atoms with Crippen LogP contribution in [0.5, 0.6) is 0 Å². The molecule has 0 unspecified atom stereocenters. The molecule has 0 aliphatic carbocycles. The van der Waals surface area contributed by atoms with Gasteiger partial charge in [0.05, 0.1) is 5.56 Å². The van der Waals surface area contributed by atoms with Crippen LogP contribution in [0.2, 0.25) is 0 Å². The van der Waals surface area contributed by atoms with Crippen molar-refractivity contribution in [3.8, 4) is 0 Å². The Morgan fingerprint density at radius 2 is 1.53 bits per heavy atom. The van der Waals surface area contributed by atoms with Gasteiger partial charge in [-0.2, -0.15) is 13.2 Å². The molecule has 0 fully saturated rings. The number of alkyl halides is 3. The van der Waals surface area contributed by atoms with Gasteiger partial charge in [-0.1, -0.05) is 11.5 Å². The SMILES string of the molecule is Nc1cc(C(F)(F)F)c(F)cc1[B-](F)(F)F.[K+]. The van der Waals surface area contributed by atoms with Crippen LogP contribution in [0.15, 0.2) is 12.1 Å². The zero-order valence-corrected chi connectivity index (χ0v) is 11.6. The maximum absolute atomic E-state index is 12.8. The molecule has 2 N–H and O–H groups in total. The van der Waals surface area contributed by atoms with Gasteiger partial charge < -0.3 is 18.7 Å². The Balaban J connectivity index is 0.00000256. The molecular formula is C7H4BF7KN. The van der Waals surface area contributed by atoms with Gasteiger partial charge in [0.15, 0.2) is 0 Å². The molecule has 1 nitrogen and oxygen atoms in total. The third-order valence-corrected chi connectivity index (χ3v) is 1.83. The monoisotopic (exact) mass is 285 g/mol. The van der Waals surface area contributed by atoms with Crippen LogP contribution in [0.4, 0.5) is 36.2 Å². The predicted molar refractivity (Wildman–Crippen MR) is 44.5 cm³/mol. The van der Waals surface area contributed by atoms with Gasteiger partial charge in [0.1, 0.15) is 5.82 Å². The molecule has 0 aliphatic heterocycles. The normalized spacial score (nSPS) is 12.2. The topological polar surface area (TPSA) is 26.0 Å². The van der Waals surface area contributed by atoms with Crippen molar-refractivity contribution >= 4 is 18.1 Å². The summed E-state index contributed by atoms with van der Waals surface area (Å²) in [4.78, 5) is 0. The first-order valence-electron chi connectivity index (χ1n) is 3.89. The van der Waals surface area contributed by atoms with E-state index in [0.717, 1.165) is 0 Å². The van der Waals surface area contributed by atoms with E-state index in [2.05, 4.69) is 0 Å². The van der Waals surface area contributed by atoms with Crippen LogP contribution < -0.4 is 62.6 Å². The Morgan fingerprint density at radius 1 is 1.06 bits per heavy atom. The van der Waals surface area contributed by atoms with Crippen LogP contribution in [0.3, 0.4) is 0 Å². The van der Waals surface area contributed by atoms with Crippen LogP contribution in [0, 0.1) is 5.82 Å². The fourth-order valence-corrected chi connectivity index (χ4v) is 1.11. The second-order valence-electron chi connectivity index (χ2n) is 3.03. The summed E-state index contributed by atoms with van der Waals surface area (Å²) in [5.74, 6) is -1.99. The maximum atomic E-state index is 12.8. The minimum absolute atomic E-state index is 0. The number of anilines is 1. The summed E-state index contributed by atoms with van der Waals surface area (Å²) in [7, 11) is 0. The summed E-state index contributed by atoms with van der Waals surface area (Å²) in [5, 5.41) is 0. The number of benzene rings is 1. The number of nitrogen functional groups attached to an aromatic ring is 1. The van der Waals surface area contributed by atoms with Crippen molar-refractivity contribution in [2.75, 3.05) is 5.73 Å². The van der Waals surface area contributed by atoms with Crippen LogP contribution in [0.1, 0.15) is 5.56 Å². The number of hydrogen-bond acceptors (Lipinski definition) is 1. The van der Waals surface area contributed by atoms with Crippen molar-refractivity contribution in [3.63, 3.8) is 0 Å². The van der Waals surface area contributed by atoms with Crippen molar-refractivity contribution in [2.24, 2.45) is 0 Å². The number of halogens is 7. The molecule has 0 amide bonds. The first kappa shape index (κ1) is 17.2. The van der Waals surface area contributed by atoms with Gasteiger partial charge in [-0.25, -0.2) is 4.39 Å². The number of nitrogens with two attached hydrogens (primary N) is 1. The molecule has 1 aromatic carbocycles. The number of rotatable bonds is 1. The molecule has 1 rings (SSSR count). The molecule has 0 radical (unpaired) electrons. The molecule has 90 valence electrons. The van der Waals surface area contributed by atoms with E-state index < -0.39 is 35.7 Å². The molecule has 17 heavy (non-hydrogen) atoms. The molecule has 0 aliphatic rings. The Morgan fingerprint density at radius 3 is 1.88 bits per heavy atom. The standard InChI is InChI=1S/C7H4BF7N.K/c9-5-2-4(8(13,14)15)6(16)1-3(5)7(10,11)12;/h1-2H,16H2;/q-1;+1. The van der Waals surface area contributed by atoms with E-state index in [9.17, 15) is 30.5 Å². The maximum Gasteiger partial charge on any atom is 1.00 e. The summed E-state index contributed by atoms with van der Waals surface area (Å²) >= 11 is 0. The van der Waals surface area contributed by atoms with E-state index in [4.69, 9.17) is 5.73 Å². The molecule has 1 aromatic rings. The zero-order valence-electron chi connectivity index (χ0n) is 8.46. The fraction of sp³-hybridized carbons (Fsp3) is 0.143. The molecule has 0 spiro atoms. The molecule has 0 heterocycles. The smallest absolute Gasteiger partial charge is 0.445 e. The van der Waals surface area contributed by atoms with Crippen LogP contribution in [-0.4, -0.2) is 6.98 Å². The van der Waals surface area contributed by atoms with Gasteiger partial charge >= 0.3 is 64.5 Å². The summed E-state index contributed by atoms with van der Waals surface area (Å²) in [6.07, 6.45) is -5.07. The van der Waals surface area contributed by atoms with Crippen LogP contribution >= 0.6 is 0 Å². The quantitative estimate of drug-likeness (QED) is 0.420. The second-order valence-corrected chi connectivity index (χ2v) is 3.03. The Bertz CT molecular complexity index is 374. The molecular weight excluding hydrogens is 281 g/mol. The van der Waals surface area contributed by atoms with Crippen molar-refractivity contribution in [1.82, 2.24) is 0 Å². The van der Waals surface area contributed by atoms with Gasteiger partial charge in [0, 0.05) is 5.69 Å². The summed E-state index contributed by atoms with van der Waals surface area (Å²) in [6, 6.07) is -0.294. The molecule has 10 heteroatoms. The summed E-state index contributed by atoms with van der Waals surface area (Å²) in [6.45, 7) is -5.64. The average molecular weight is 285 g/mol. The molecule has 0 bridgehead atoms. The molecule has 0 atom stereocenters. The first-order chi connectivity index (χ1) is 7.03. The van der Waals surface area contributed by atoms with Gasteiger partial charge in [0.2, 0.25) is 0 Å². The largest absolute Gasteiger partial charge is 1.00 e. The molecule has 0 saturated carbocycles.